The molecule has 0 amide bonds. The van der Waals surface area contributed by atoms with Crippen molar-refractivity contribution in [2.45, 2.75) is 19.4 Å². The van der Waals surface area contributed by atoms with Crippen molar-refractivity contribution in [3.63, 3.8) is 0 Å². The van der Waals surface area contributed by atoms with Crippen molar-refractivity contribution in [1.29, 1.82) is 0 Å². The Bertz CT molecular complexity index is 302. The average Bonchev–Trinajstić information content (AvgIpc) is 2.08. The first-order chi connectivity index (χ1) is 6.59. The predicted octanol–water partition coefficient (Wildman–Crippen LogP) is 3.11. The van der Waals surface area contributed by atoms with E-state index in [2.05, 4.69) is 0 Å². The van der Waals surface area contributed by atoms with Crippen LogP contribution < -0.4 is 10.5 Å². The molecule has 1 aromatic carbocycles. The van der Waals surface area contributed by atoms with Gasteiger partial charge in [0, 0.05) is 11.1 Å². The highest BCUT2D eigenvalue weighted by Crippen LogP contribution is 2.27. The fourth-order valence-electron chi connectivity index (χ4n) is 0.947. The van der Waals surface area contributed by atoms with E-state index in [0.29, 0.717) is 22.4 Å². The summed E-state index contributed by atoms with van der Waals surface area (Å²) in [5.41, 5.74) is 5.58. The van der Waals surface area contributed by atoms with Crippen molar-refractivity contribution in [3.05, 3.63) is 28.2 Å². The SMILES string of the molecule is CC(N)CCOc1ccc(Cl)cc1Cl. The van der Waals surface area contributed by atoms with Crippen molar-refractivity contribution in [1.82, 2.24) is 0 Å². The topological polar surface area (TPSA) is 35.2 Å². The molecule has 0 aliphatic rings. The van der Waals surface area contributed by atoms with Gasteiger partial charge in [-0.15, -0.1) is 0 Å². The summed E-state index contributed by atoms with van der Waals surface area (Å²) in [4.78, 5) is 0. The third kappa shape index (κ3) is 3.74. The number of benzene rings is 1. The average molecular weight is 234 g/mol. The molecule has 2 N–H and O–H groups in total. The number of hydrogen-bond donors (Lipinski definition) is 1. The first-order valence-corrected chi connectivity index (χ1v) is 5.18. The van der Waals surface area contributed by atoms with Crippen molar-refractivity contribution in [3.8, 4) is 5.75 Å². The van der Waals surface area contributed by atoms with E-state index in [1.807, 2.05) is 6.92 Å². The van der Waals surface area contributed by atoms with Crippen LogP contribution in [0.3, 0.4) is 0 Å². The minimum atomic E-state index is 0.140. The second-order valence-electron chi connectivity index (χ2n) is 3.19. The van der Waals surface area contributed by atoms with Crippen LogP contribution in [0.25, 0.3) is 0 Å². The normalized spacial score (nSPS) is 12.6. The molecule has 0 aliphatic heterocycles. The molecule has 14 heavy (non-hydrogen) atoms. The van der Waals surface area contributed by atoms with Gasteiger partial charge in [0.05, 0.1) is 11.6 Å². The summed E-state index contributed by atoms with van der Waals surface area (Å²) in [6, 6.07) is 5.30. The zero-order valence-corrected chi connectivity index (χ0v) is 9.48. The van der Waals surface area contributed by atoms with Crippen molar-refractivity contribution >= 4 is 23.2 Å². The van der Waals surface area contributed by atoms with Gasteiger partial charge < -0.3 is 10.5 Å². The highest BCUT2D eigenvalue weighted by molar-refractivity contribution is 6.35. The minimum absolute atomic E-state index is 0.140. The fourth-order valence-corrected chi connectivity index (χ4v) is 1.41. The van der Waals surface area contributed by atoms with Crippen LogP contribution in [0.2, 0.25) is 10.0 Å². The van der Waals surface area contributed by atoms with E-state index in [-0.39, 0.29) is 6.04 Å². The van der Waals surface area contributed by atoms with Gasteiger partial charge in [0.2, 0.25) is 0 Å². The molecule has 0 spiro atoms. The van der Waals surface area contributed by atoms with Gasteiger partial charge in [-0.3, -0.25) is 0 Å². The molecule has 1 atom stereocenters. The Morgan fingerprint density at radius 2 is 2.14 bits per heavy atom. The Morgan fingerprint density at radius 1 is 1.43 bits per heavy atom. The lowest BCUT2D eigenvalue weighted by molar-refractivity contribution is 0.301. The van der Waals surface area contributed by atoms with Crippen LogP contribution in [0.4, 0.5) is 0 Å². The lowest BCUT2D eigenvalue weighted by Gasteiger charge is -2.09. The van der Waals surface area contributed by atoms with Crippen LogP contribution >= 0.6 is 23.2 Å². The quantitative estimate of drug-likeness (QED) is 0.868. The van der Waals surface area contributed by atoms with Crippen molar-refractivity contribution in [2.24, 2.45) is 5.73 Å². The van der Waals surface area contributed by atoms with E-state index in [1.165, 1.54) is 0 Å². The van der Waals surface area contributed by atoms with Gasteiger partial charge in [0.1, 0.15) is 5.75 Å². The summed E-state index contributed by atoms with van der Waals surface area (Å²) < 4.78 is 5.43. The third-order valence-corrected chi connectivity index (χ3v) is 2.26. The summed E-state index contributed by atoms with van der Waals surface area (Å²) in [5.74, 6) is 0.650. The van der Waals surface area contributed by atoms with E-state index >= 15 is 0 Å². The number of hydrogen-bond acceptors (Lipinski definition) is 2. The maximum atomic E-state index is 5.90. The molecule has 2 nitrogen and oxygen atoms in total. The molecule has 0 saturated carbocycles. The number of ether oxygens (including phenoxy) is 1. The van der Waals surface area contributed by atoms with E-state index in [9.17, 15) is 0 Å². The maximum absolute atomic E-state index is 5.90. The van der Waals surface area contributed by atoms with Crippen LogP contribution in [0.1, 0.15) is 13.3 Å². The molecule has 78 valence electrons. The summed E-state index contributed by atoms with van der Waals surface area (Å²) in [6.45, 7) is 2.51. The second kappa shape index (κ2) is 5.44. The van der Waals surface area contributed by atoms with Gasteiger partial charge in [0.15, 0.2) is 0 Å². The molecule has 0 saturated heterocycles. The second-order valence-corrected chi connectivity index (χ2v) is 4.03. The molecule has 4 heteroatoms. The van der Waals surface area contributed by atoms with E-state index in [0.717, 1.165) is 6.42 Å². The monoisotopic (exact) mass is 233 g/mol. The smallest absolute Gasteiger partial charge is 0.137 e. The Hall–Kier alpha value is -0.440. The summed E-state index contributed by atoms with van der Waals surface area (Å²) in [7, 11) is 0. The predicted molar refractivity (Wildman–Crippen MR) is 60.2 cm³/mol. The van der Waals surface area contributed by atoms with Crippen LogP contribution in [0.15, 0.2) is 18.2 Å². The summed E-state index contributed by atoms with van der Waals surface area (Å²) >= 11 is 11.6. The molecule has 1 aromatic rings. The van der Waals surface area contributed by atoms with E-state index in [4.69, 9.17) is 33.7 Å². The fraction of sp³-hybridized carbons (Fsp3) is 0.400. The highest BCUT2D eigenvalue weighted by atomic mass is 35.5. The van der Waals surface area contributed by atoms with Gasteiger partial charge in [-0.25, -0.2) is 0 Å². The van der Waals surface area contributed by atoms with E-state index < -0.39 is 0 Å². The first-order valence-electron chi connectivity index (χ1n) is 4.43. The van der Waals surface area contributed by atoms with E-state index in [1.54, 1.807) is 18.2 Å². The molecule has 0 aromatic heterocycles. The van der Waals surface area contributed by atoms with Gasteiger partial charge in [-0.05, 0) is 31.5 Å². The zero-order chi connectivity index (χ0) is 10.6. The zero-order valence-electron chi connectivity index (χ0n) is 7.97. The number of nitrogens with two attached hydrogens (primary N) is 1. The maximum Gasteiger partial charge on any atom is 0.137 e. The molecule has 0 radical (unpaired) electrons. The minimum Gasteiger partial charge on any atom is -0.492 e. The molecule has 0 heterocycles. The molecule has 1 rings (SSSR count). The van der Waals surface area contributed by atoms with Gasteiger partial charge >= 0.3 is 0 Å². The Labute approximate surface area is 94.0 Å². The van der Waals surface area contributed by atoms with Crippen molar-refractivity contribution < 1.29 is 4.74 Å². The lowest BCUT2D eigenvalue weighted by Crippen LogP contribution is -2.18. The Balaban J connectivity index is 2.51. The molecule has 1 unspecified atom stereocenters. The number of rotatable bonds is 4. The number of halogens is 2. The summed E-state index contributed by atoms with van der Waals surface area (Å²) in [5, 5.41) is 1.14. The Morgan fingerprint density at radius 3 is 2.71 bits per heavy atom. The van der Waals surface area contributed by atoms with Crippen LogP contribution in [0, 0.1) is 0 Å². The van der Waals surface area contributed by atoms with Crippen molar-refractivity contribution in [2.75, 3.05) is 6.61 Å². The van der Waals surface area contributed by atoms with Crippen LogP contribution in [-0.4, -0.2) is 12.6 Å². The van der Waals surface area contributed by atoms with Gasteiger partial charge in [-0.2, -0.15) is 0 Å². The summed E-state index contributed by atoms with van der Waals surface area (Å²) in [6.07, 6.45) is 0.805. The van der Waals surface area contributed by atoms with Gasteiger partial charge in [0.25, 0.3) is 0 Å². The van der Waals surface area contributed by atoms with Gasteiger partial charge in [-0.1, -0.05) is 23.2 Å². The van der Waals surface area contributed by atoms with Crippen LogP contribution in [-0.2, 0) is 0 Å². The lowest BCUT2D eigenvalue weighted by atomic mass is 10.3. The highest BCUT2D eigenvalue weighted by Gasteiger charge is 2.02. The molecular weight excluding hydrogens is 221 g/mol. The third-order valence-electron chi connectivity index (χ3n) is 1.72. The Kier molecular flexibility index (Phi) is 4.52. The largest absolute Gasteiger partial charge is 0.492 e. The standard InChI is InChI=1S/C10H13Cl2NO/c1-7(13)4-5-14-10-3-2-8(11)6-9(10)12/h2-3,6-7H,4-5,13H2,1H3. The molecule has 0 fully saturated rings. The molecule has 0 bridgehead atoms. The van der Waals surface area contributed by atoms with Crippen LogP contribution in [0.5, 0.6) is 5.75 Å². The molecular formula is C10H13Cl2NO. The first kappa shape index (κ1) is 11.6. The molecule has 0 aliphatic carbocycles.